The molecule has 0 fully saturated rings. The van der Waals surface area contributed by atoms with Crippen LogP contribution in [0.5, 0.6) is 0 Å². The number of nitrogens with one attached hydrogen (secondary N) is 1. The van der Waals surface area contributed by atoms with Crippen molar-refractivity contribution in [3.8, 4) is 0 Å². The third kappa shape index (κ3) is 8.53. The molecule has 20 heavy (non-hydrogen) atoms. The van der Waals surface area contributed by atoms with Gasteiger partial charge in [0.05, 0.1) is 6.61 Å². The van der Waals surface area contributed by atoms with Crippen molar-refractivity contribution in [1.82, 2.24) is 5.48 Å². The molecule has 112 valence electrons. The second kappa shape index (κ2) is 11.3. The first-order valence-electron chi connectivity index (χ1n) is 7.41. The molecule has 0 aliphatic rings. The number of amides is 1. The Balaban J connectivity index is 1.93. The molecule has 1 aromatic carbocycles. The van der Waals surface area contributed by atoms with Crippen LogP contribution in [0.2, 0.25) is 0 Å². The van der Waals surface area contributed by atoms with Crippen molar-refractivity contribution >= 4 is 6.09 Å². The van der Waals surface area contributed by atoms with E-state index in [2.05, 4.69) is 12.4 Å². The molecule has 0 atom stereocenters. The van der Waals surface area contributed by atoms with Crippen molar-refractivity contribution in [1.29, 1.82) is 0 Å². The lowest BCUT2D eigenvalue weighted by Crippen LogP contribution is -2.24. The van der Waals surface area contributed by atoms with Gasteiger partial charge in [0.25, 0.3) is 0 Å². The summed E-state index contributed by atoms with van der Waals surface area (Å²) < 4.78 is 5.01. The number of rotatable bonds is 10. The number of ether oxygens (including phenoxy) is 1. The zero-order valence-electron chi connectivity index (χ0n) is 12.3. The van der Waals surface area contributed by atoms with Crippen LogP contribution in [-0.2, 0) is 16.2 Å². The number of benzene rings is 1. The van der Waals surface area contributed by atoms with Crippen molar-refractivity contribution in [2.45, 2.75) is 52.1 Å². The smallest absolute Gasteiger partial charge is 0.431 e. The van der Waals surface area contributed by atoms with Crippen LogP contribution in [0.15, 0.2) is 30.3 Å². The van der Waals surface area contributed by atoms with Gasteiger partial charge in [0.2, 0.25) is 0 Å². The molecule has 0 bridgehead atoms. The van der Waals surface area contributed by atoms with E-state index in [-0.39, 0.29) is 6.61 Å². The zero-order valence-corrected chi connectivity index (χ0v) is 12.3. The van der Waals surface area contributed by atoms with E-state index in [1.54, 1.807) is 0 Å². The van der Waals surface area contributed by atoms with E-state index in [9.17, 15) is 4.79 Å². The maximum Gasteiger partial charge on any atom is 0.431 e. The molecule has 0 unspecified atom stereocenters. The summed E-state index contributed by atoms with van der Waals surface area (Å²) in [6.45, 7) is 2.99. The third-order valence-electron chi connectivity index (χ3n) is 2.97. The summed E-state index contributed by atoms with van der Waals surface area (Å²) in [6, 6.07) is 9.55. The summed E-state index contributed by atoms with van der Waals surface area (Å²) >= 11 is 0. The van der Waals surface area contributed by atoms with Crippen LogP contribution in [0.4, 0.5) is 4.79 Å². The second-order valence-corrected chi connectivity index (χ2v) is 4.78. The molecule has 0 aliphatic carbocycles. The number of unbranched alkanes of at least 4 members (excludes halogenated alkanes) is 5. The number of hydrogen-bond donors (Lipinski definition) is 1. The lowest BCUT2D eigenvalue weighted by molar-refractivity contribution is 0.0236. The van der Waals surface area contributed by atoms with E-state index in [1.807, 2.05) is 30.3 Å². The standard InChI is InChI=1S/C16H25NO3/c1-2-3-4-5-6-10-13-20-17-16(18)19-14-15-11-8-7-9-12-15/h7-9,11-12H,2-6,10,13-14H2,1H3,(H,17,18). The highest BCUT2D eigenvalue weighted by atomic mass is 16.7. The average molecular weight is 279 g/mol. The monoisotopic (exact) mass is 279 g/mol. The Morgan fingerprint density at radius 1 is 1.05 bits per heavy atom. The Morgan fingerprint density at radius 3 is 2.50 bits per heavy atom. The Morgan fingerprint density at radius 2 is 1.75 bits per heavy atom. The SMILES string of the molecule is CCCCCCCCONC(=O)OCc1ccccc1. The van der Waals surface area contributed by atoms with Gasteiger partial charge in [-0.05, 0) is 12.0 Å². The topological polar surface area (TPSA) is 47.6 Å². The minimum absolute atomic E-state index is 0.257. The van der Waals surface area contributed by atoms with Gasteiger partial charge in [-0.2, -0.15) is 5.48 Å². The van der Waals surface area contributed by atoms with Gasteiger partial charge in [-0.3, -0.25) is 4.84 Å². The first kappa shape index (κ1) is 16.5. The number of carbonyl (C=O) groups excluding carboxylic acids is 1. The molecule has 1 aromatic rings. The van der Waals surface area contributed by atoms with Crippen LogP contribution in [0.3, 0.4) is 0 Å². The van der Waals surface area contributed by atoms with Gasteiger partial charge in [-0.1, -0.05) is 69.4 Å². The maximum absolute atomic E-state index is 11.3. The van der Waals surface area contributed by atoms with E-state index < -0.39 is 6.09 Å². The molecule has 0 saturated carbocycles. The van der Waals surface area contributed by atoms with Crippen molar-refractivity contribution in [2.24, 2.45) is 0 Å². The average Bonchev–Trinajstić information content (AvgIpc) is 2.49. The van der Waals surface area contributed by atoms with Crippen LogP contribution < -0.4 is 5.48 Å². The minimum Gasteiger partial charge on any atom is -0.443 e. The molecule has 0 heterocycles. The van der Waals surface area contributed by atoms with Crippen molar-refractivity contribution in [3.05, 3.63) is 35.9 Å². The van der Waals surface area contributed by atoms with Gasteiger partial charge in [0.1, 0.15) is 6.61 Å². The quantitative estimate of drug-likeness (QED) is 0.515. The van der Waals surface area contributed by atoms with Gasteiger partial charge in [-0.15, -0.1) is 0 Å². The summed E-state index contributed by atoms with van der Waals surface area (Å²) in [7, 11) is 0. The summed E-state index contributed by atoms with van der Waals surface area (Å²) in [4.78, 5) is 16.4. The van der Waals surface area contributed by atoms with Gasteiger partial charge in [0, 0.05) is 0 Å². The van der Waals surface area contributed by atoms with Gasteiger partial charge in [-0.25, -0.2) is 4.79 Å². The molecule has 1 rings (SSSR count). The Kier molecular flexibility index (Phi) is 9.32. The first-order valence-corrected chi connectivity index (χ1v) is 7.41. The molecular formula is C16H25NO3. The molecule has 0 spiro atoms. The molecular weight excluding hydrogens is 254 g/mol. The maximum atomic E-state index is 11.3. The van der Waals surface area contributed by atoms with Crippen LogP contribution in [0.1, 0.15) is 51.0 Å². The summed E-state index contributed by atoms with van der Waals surface area (Å²) in [5.74, 6) is 0. The van der Waals surface area contributed by atoms with Crippen molar-refractivity contribution < 1.29 is 14.4 Å². The molecule has 0 aliphatic heterocycles. The molecule has 1 amide bonds. The van der Waals surface area contributed by atoms with Crippen LogP contribution >= 0.6 is 0 Å². The Labute approximate surface area is 121 Å². The largest absolute Gasteiger partial charge is 0.443 e. The molecule has 0 aromatic heterocycles. The van der Waals surface area contributed by atoms with Crippen LogP contribution in [0, 0.1) is 0 Å². The number of hydroxylamine groups is 1. The highest BCUT2D eigenvalue weighted by molar-refractivity contribution is 5.65. The van der Waals surface area contributed by atoms with Gasteiger partial charge >= 0.3 is 6.09 Å². The van der Waals surface area contributed by atoms with Crippen LogP contribution in [-0.4, -0.2) is 12.7 Å². The van der Waals surface area contributed by atoms with E-state index in [0.717, 1.165) is 18.4 Å². The summed E-state index contributed by atoms with van der Waals surface area (Å²) in [6.07, 6.45) is 6.62. The van der Waals surface area contributed by atoms with Crippen LogP contribution in [0.25, 0.3) is 0 Å². The van der Waals surface area contributed by atoms with Gasteiger partial charge < -0.3 is 4.74 Å². The minimum atomic E-state index is -0.542. The van der Waals surface area contributed by atoms with E-state index in [1.165, 1.54) is 25.7 Å². The third-order valence-corrected chi connectivity index (χ3v) is 2.97. The lowest BCUT2D eigenvalue weighted by atomic mass is 10.1. The zero-order chi connectivity index (χ0) is 14.5. The number of hydrogen-bond acceptors (Lipinski definition) is 3. The van der Waals surface area contributed by atoms with E-state index in [4.69, 9.17) is 9.57 Å². The lowest BCUT2D eigenvalue weighted by Gasteiger charge is -2.07. The molecule has 4 nitrogen and oxygen atoms in total. The fourth-order valence-corrected chi connectivity index (χ4v) is 1.82. The van der Waals surface area contributed by atoms with E-state index >= 15 is 0 Å². The molecule has 4 heteroatoms. The Bertz CT molecular complexity index is 354. The summed E-state index contributed by atoms with van der Waals surface area (Å²) in [5.41, 5.74) is 3.25. The first-order chi connectivity index (χ1) is 9.83. The normalized spacial score (nSPS) is 10.2. The fourth-order valence-electron chi connectivity index (χ4n) is 1.82. The van der Waals surface area contributed by atoms with Crippen molar-refractivity contribution in [2.75, 3.05) is 6.61 Å². The predicted octanol–water partition coefficient (Wildman–Crippen LogP) is 4.20. The highest BCUT2D eigenvalue weighted by Gasteiger charge is 2.01. The summed E-state index contributed by atoms with van der Waals surface area (Å²) in [5, 5.41) is 0. The van der Waals surface area contributed by atoms with Crippen molar-refractivity contribution in [3.63, 3.8) is 0 Å². The van der Waals surface area contributed by atoms with E-state index in [0.29, 0.717) is 6.61 Å². The predicted molar refractivity (Wildman–Crippen MR) is 79.1 cm³/mol. The number of carbonyl (C=O) groups is 1. The highest BCUT2D eigenvalue weighted by Crippen LogP contribution is 2.04. The molecule has 1 N–H and O–H groups in total. The molecule has 0 radical (unpaired) electrons. The Hall–Kier alpha value is -1.55. The second-order valence-electron chi connectivity index (χ2n) is 4.78. The fraction of sp³-hybridized carbons (Fsp3) is 0.562. The molecule has 0 saturated heterocycles. The van der Waals surface area contributed by atoms with Gasteiger partial charge in [0.15, 0.2) is 0 Å².